The zero-order valence-electron chi connectivity index (χ0n) is 42.8. The minimum atomic E-state index is -1.92. The standard InChI is InChI=1S/C51H53Cl4N7O19/c1-5-22(3)45(73)27-7-9-33(43(54)41(27)52)80-20-35(63)59-31(16-39(69)70)50(78)61-29(14-37(65)66)48(76)57-18-24-11-25(13-26(12-24)47(56)75)19-58-49(77)30(15-38(67)68)62-51(79)32(17-40(71)72)60-36(64)21-81-34-10-8-28(42(53)44(34)55)46(74)23(4)6-2/h7-13,29-32H,3-6,14-21H2,1-2H3,(H2,56,75)(H,57,76)(H,58,77)(H,59,63)(H,60,64)(H,61,78)(H,62,79)(H,65,66)(H,67,68)(H,69,70)(H,71,72)/t29-,30-,31-,32-/m0/s1. The fourth-order valence-corrected chi connectivity index (χ4v) is 7.83. The first-order chi connectivity index (χ1) is 38.0. The number of ketones is 2. The molecule has 0 fully saturated rings. The Bertz CT molecular complexity index is 2870. The Balaban J connectivity index is 1.72. The molecule has 434 valence electrons. The van der Waals surface area contributed by atoms with Crippen molar-refractivity contribution in [2.75, 3.05) is 13.2 Å². The van der Waals surface area contributed by atoms with Gasteiger partial charge < -0.3 is 67.5 Å². The van der Waals surface area contributed by atoms with Gasteiger partial charge in [0.15, 0.2) is 24.8 Å². The second-order valence-corrected chi connectivity index (χ2v) is 18.7. The van der Waals surface area contributed by atoms with Gasteiger partial charge in [-0.2, -0.15) is 0 Å². The van der Waals surface area contributed by atoms with Crippen molar-refractivity contribution in [1.29, 1.82) is 0 Å². The topological polar surface area (TPSA) is 419 Å². The highest BCUT2D eigenvalue weighted by atomic mass is 35.5. The van der Waals surface area contributed by atoms with Crippen LogP contribution in [0.3, 0.4) is 0 Å². The molecule has 3 rings (SSSR count). The average molecular weight is 1210 g/mol. The van der Waals surface area contributed by atoms with Crippen molar-refractivity contribution in [3.63, 3.8) is 0 Å². The molecule has 0 saturated carbocycles. The lowest BCUT2D eigenvalue weighted by molar-refractivity contribution is -0.143. The molecule has 0 aliphatic carbocycles. The van der Waals surface area contributed by atoms with Crippen LogP contribution in [0.25, 0.3) is 0 Å². The summed E-state index contributed by atoms with van der Waals surface area (Å²) < 4.78 is 10.8. The number of carbonyl (C=O) groups is 13. The van der Waals surface area contributed by atoms with E-state index < -0.39 is 153 Å². The second kappa shape index (κ2) is 31.3. The van der Waals surface area contributed by atoms with Crippen molar-refractivity contribution in [1.82, 2.24) is 31.9 Å². The number of aliphatic carboxylic acids is 4. The first-order valence-corrected chi connectivity index (χ1v) is 25.2. The maximum absolute atomic E-state index is 13.4. The molecule has 0 aliphatic rings. The monoisotopic (exact) mass is 1210 g/mol. The number of benzene rings is 3. The molecular formula is C51H53Cl4N7O19. The van der Waals surface area contributed by atoms with E-state index in [9.17, 15) is 82.8 Å². The summed E-state index contributed by atoms with van der Waals surface area (Å²) in [7, 11) is 0. The molecule has 3 aromatic rings. The number of ether oxygens (including phenoxy) is 2. The Morgan fingerprint density at radius 2 is 0.815 bits per heavy atom. The van der Waals surface area contributed by atoms with Crippen LogP contribution in [0.1, 0.15) is 94.6 Å². The van der Waals surface area contributed by atoms with Crippen LogP contribution in [-0.2, 0) is 61.0 Å². The quantitative estimate of drug-likeness (QED) is 0.0308. The molecule has 0 aromatic heterocycles. The number of hydrogen-bond acceptors (Lipinski definition) is 15. The summed E-state index contributed by atoms with van der Waals surface area (Å²) in [6.45, 7) is 7.88. The predicted octanol–water partition coefficient (Wildman–Crippen LogP) is 2.93. The summed E-state index contributed by atoms with van der Waals surface area (Å²) in [5, 5.41) is 50.3. The molecule has 0 bridgehead atoms. The van der Waals surface area contributed by atoms with Gasteiger partial charge in [0.05, 0.1) is 35.7 Å². The second-order valence-electron chi connectivity index (χ2n) is 17.2. The minimum absolute atomic E-state index is 0.00335. The van der Waals surface area contributed by atoms with E-state index in [1.807, 2.05) is 0 Å². The number of primary amides is 1. The third kappa shape index (κ3) is 20.5. The number of carboxylic acid groups (broad SMARTS) is 4. The number of amides is 7. The van der Waals surface area contributed by atoms with Crippen LogP contribution in [-0.4, -0.2) is 135 Å². The Morgan fingerprint density at radius 1 is 0.494 bits per heavy atom. The molecule has 81 heavy (non-hydrogen) atoms. The average Bonchev–Trinajstić information content (AvgIpc) is 3.40. The molecule has 7 amide bonds. The molecule has 0 heterocycles. The highest BCUT2D eigenvalue weighted by molar-refractivity contribution is 6.46. The third-order valence-electron chi connectivity index (χ3n) is 11.2. The van der Waals surface area contributed by atoms with E-state index in [2.05, 4.69) is 45.1 Å². The van der Waals surface area contributed by atoms with Gasteiger partial charge in [-0.05, 0) is 71.5 Å². The number of hydrogen-bond donors (Lipinski definition) is 11. The number of carboxylic acids is 4. The SMILES string of the molecule is C=C(CC)C(=O)c1ccc(OCC(=O)N[C@@H](CC(=O)O)C(=O)N[C@@H](CC(=O)O)C(=O)NCc2cc(CNC(=O)[C@H](CC(=O)O)NC(=O)[C@H](CC(=O)O)NC(=O)COc3ccc(C(=O)C(=C)CC)c(Cl)c3Cl)cc(C(N)=O)c2)c(Cl)c1Cl. The number of rotatable bonds is 33. The van der Waals surface area contributed by atoms with Crippen LogP contribution in [0.5, 0.6) is 11.5 Å². The zero-order valence-corrected chi connectivity index (χ0v) is 45.9. The molecule has 12 N–H and O–H groups in total. The van der Waals surface area contributed by atoms with Gasteiger partial charge in [-0.15, -0.1) is 0 Å². The summed E-state index contributed by atoms with van der Waals surface area (Å²) in [4.78, 5) is 164. The van der Waals surface area contributed by atoms with Gasteiger partial charge in [0.25, 0.3) is 11.8 Å². The summed E-state index contributed by atoms with van der Waals surface area (Å²) >= 11 is 25.0. The molecule has 0 aliphatic heterocycles. The lowest BCUT2D eigenvalue weighted by atomic mass is 10.0. The first kappa shape index (κ1) is 66.7. The predicted molar refractivity (Wildman–Crippen MR) is 287 cm³/mol. The van der Waals surface area contributed by atoms with E-state index in [1.54, 1.807) is 13.8 Å². The number of nitrogens with two attached hydrogens (primary N) is 1. The van der Waals surface area contributed by atoms with Crippen LogP contribution in [0.4, 0.5) is 0 Å². The molecule has 0 spiro atoms. The number of halogens is 4. The molecule has 4 atom stereocenters. The third-order valence-corrected chi connectivity index (χ3v) is 12.9. The van der Waals surface area contributed by atoms with Gasteiger partial charge in [-0.25, -0.2) is 0 Å². The van der Waals surface area contributed by atoms with E-state index in [-0.39, 0.29) is 70.6 Å². The van der Waals surface area contributed by atoms with Crippen molar-refractivity contribution < 1.29 is 92.2 Å². The van der Waals surface area contributed by atoms with Gasteiger partial charge in [0.2, 0.25) is 29.5 Å². The largest absolute Gasteiger partial charge is 0.482 e. The van der Waals surface area contributed by atoms with Crippen molar-refractivity contribution in [3.05, 3.63) is 115 Å². The summed E-state index contributed by atoms with van der Waals surface area (Å²) in [6, 6.07) is 0.972. The maximum Gasteiger partial charge on any atom is 0.305 e. The molecule has 0 radical (unpaired) electrons. The van der Waals surface area contributed by atoms with Gasteiger partial charge in [-0.1, -0.05) is 79.5 Å². The van der Waals surface area contributed by atoms with Gasteiger partial charge in [0, 0.05) is 29.8 Å². The van der Waals surface area contributed by atoms with Crippen molar-refractivity contribution >= 4 is 123 Å². The number of nitrogens with one attached hydrogen (secondary N) is 6. The van der Waals surface area contributed by atoms with E-state index >= 15 is 0 Å². The lowest BCUT2D eigenvalue weighted by Gasteiger charge is -2.22. The smallest absolute Gasteiger partial charge is 0.305 e. The Kier molecular flexibility index (Phi) is 25.7. The van der Waals surface area contributed by atoms with Crippen LogP contribution in [0.15, 0.2) is 66.8 Å². The lowest BCUT2D eigenvalue weighted by Crippen LogP contribution is -2.55. The summed E-state index contributed by atoms with van der Waals surface area (Å²) in [6.07, 6.45) is -3.66. The molecule has 0 saturated heterocycles. The van der Waals surface area contributed by atoms with Crippen LogP contribution in [0.2, 0.25) is 20.1 Å². The highest BCUT2D eigenvalue weighted by Crippen LogP contribution is 2.37. The van der Waals surface area contributed by atoms with Crippen molar-refractivity contribution in [2.24, 2.45) is 5.73 Å². The van der Waals surface area contributed by atoms with E-state index in [0.29, 0.717) is 12.8 Å². The van der Waals surface area contributed by atoms with Gasteiger partial charge in [0.1, 0.15) is 45.7 Å². The fourth-order valence-electron chi connectivity index (χ4n) is 6.91. The van der Waals surface area contributed by atoms with E-state index in [4.69, 9.17) is 61.6 Å². The normalized spacial score (nSPS) is 12.1. The van der Waals surface area contributed by atoms with Crippen molar-refractivity contribution in [3.8, 4) is 11.5 Å². The number of Topliss-reactive ketones (excluding diaryl/α,β-unsaturated/α-hetero) is 2. The Labute approximate surface area is 480 Å². The fraction of sp³-hybridized carbons (Fsp3) is 0.314. The molecule has 26 nitrogen and oxygen atoms in total. The van der Waals surface area contributed by atoms with Crippen LogP contribution >= 0.6 is 46.4 Å². The van der Waals surface area contributed by atoms with Gasteiger partial charge >= 0.3 is 23.9 Å². The number of allylic oxidation sites excluding steroid dienone is 2. The molecule has 3 aromatic carbocycles. The molecular weight excluding hydrogens is 1160 g/mol. The van der Waals surface area contributed by atoms with Crippen LogP contribution in [0, 0.1) is 0 Å². The van der Waals surface area contributed by atoms with E-state index in [0.717, 1.165) is 0 Å². The summed E-state index contributed by atoms with van der Waals surface area (Å²) in [5.74, 6) is -16.0. The first-order valence-electron chi connectivity index (χ1n) is 23.7. The van der Waals surface area contributed by atoms with Gasteiger partial charge in [-0.3, -0.25) is 62.3 Å². The Morgan fingerprint density at radius 3 is 1.11 bits per heavy atom. The number of carbonyl (C=O) groups excluding carboxylic acids is 9. The van der Waals surface area contributed by atoms with Crippen LogP contribution < -0.4 is 47.1 Å². The molecule has 30 heteroatoms. The molecule has 0 unspecified atom stereocenters. The van der Waals surface area contributed by atoms with Crippen molar-refractivity contribution in [2.45, 2.75) is 89.6 Å². The zero-order chi connectivity index (χ0) is 61.0. The van der Waals surface area contributed by atoms with E-state index in [1.165, 1.54) is 42.5 Å². The maximum atomic E-state index is 13.4. The highest BCUT2D eigenvalue weighted by Gasteiger charge is 2.32. The summed E-state index contributed by atoms with van der Waals surface area (Å²) in [5.41, 5.74) is 5.90. The Hall–Kier alpha value is -8.59. The minimum Gasteiger partial charge on any atom is -0.482 e.